The Morgan fingerprint density at radius 1 is 1.12 bits per heavy atom. The van der Waals surface area contributed by atoms with Gasteiger partial charge in [0, 0.05) is 40.9 Å². The molecule has 0 aliphatic rings. The molecule has 1 heterocycles. The smallest absolute Gasteiger partial charge is 0.231 e. The molecule has 0 saturated heterocycles. The molecule has 0 fully saturated rings. The van der Waals surface area contributed by atoms with Gasteiger partial charge in [0.2, 0.25) is 17.8 Å². The van der Waals surface area contributed by atoms with E-state index in [1.54, 1.807) is 18.9 Å². The largest absolute Gasteiger partial charge is 0.341 e. The lowest BCUT2D eigenvalue weighted by Gasteiger charge is -2.23. The minimum atomic E-state index is -1.29. The van der Waals surface area contributed by atoms with E-state index in [4.69, 9.17) is 4.18 Å². The van der Waals surface area contributed by atoms with Crippen LogP contribution in [0.2, 0.25) is 0 Å². The maximum absolute atomic E-state index is 11.2. The second-order valence-electron chi connectivity index (χ2n) is 5.61. The van der Waals surface area contributed by atoms with Gasteiger partial charge in [-0.3, -0.25) is 14.3 Å². The third kappa shape index (κ3) is 7.71. The van der Waals surface area contributed by atoms with E-state index >= 15 is 0 Å². The topological polar surface area (TPSA) is 104 Å². The number of likely N-dealkylation sites (N-methyl/N-ethyl adjacent to an activating group) is 1. The predicted molar refractivity (Wildman–Crippen MR) is 97.6 cm³/mol. The average molecular weight is 373 g/mol. The Morgan fingerprint density at radius 2 is 1.72 bits per heavy atom. The molecule has 1 rings (SSSR count). The van der Waals surface area contributed by atoms with E-state index in [1.165, 1.54) is 13.2 Å². The molecule has 1 aromatic heterocycles. The first kappa shape index (κ1) is 21.2. The SMILES string of the molecule is CC(=O)N(C)CNCN(C)c1nc(C)nc(N(C)CCOS(C)=O)n1. The first-order valence-corrected chi connectivity index (χ1v) is 9.23. The number of carbonyl (C=O) groups is 1. The van der Waals surface area contributed by atoms with Crippen LogP contribution in [0.15, 0.2) is 0 Å². The number of aryl methyl sites for hydroxylation is 1. The Morgan fingerprint density at radius 3 is 2.28 bits per heavy atom. The predicted octanol–water partition coefficient (Wildman–Crippen LogP) is -0.655. The van der Waals surface area contributed by atoms with Crippen molar-refractivity contribution in [2.45, 2.75) is 13.8 Å². The number of amides is 1. The van der Waals surface area contributed by atoms with E-state index in [2.05, 4.69) is 20.3 Å². The fraction of sp³-hybridized carbons (Fsp3) is 0.714. The minimum absolute atomic E-state index is 0.00898. The van der Waals surface area contributed by atoms with Crippen molar-refractivity contribution in [2.24, 2.45) is 0 Å². The zero-order valence-electron chi connectivity index (χ0n) is 15.6. The third-order valence-electron chi connectivity index (χ3n) is 3.32. The molecule has 0 aromatic carbocycles. The molecule has 0 aliphatic carbocycles. The number of rotatable bonds is 10. The molecule has 0 saturated carbocycles. The quantitative estimate of drug-likeness (QED) is 0.536. The first-order valence-electron chi connectivity index (χ1n) is 7.74. The molecule has 142 valence electrons. The van der Waals surface area contributed by atoms with Crippen molar-refractivity contribution in [3.8, 4) is 0 Å². The highest BCUT2D eigenvalue weighted by molar-refractivity contribution is 7.79. The second-order valence-corrected chi connectivity index (χ2v) is 6.65. The van der Waals surface area contributed by atoms with Gasteiger partial charge in [-0.05, 0) is 6.92 Å². The summed E-state index contributed by atoms with van der Waals surface area (Å²) in [6, 6.07) is 0. The zero-order chi connectivity index (χ0) is 19.0. The Kier molecular flexibility index (Phi) is 8.66. The first-order chi connectivity index (χ1) is 11.7. The monoisotopic (exact) mass is 373 g/mol. The van der Waals surface area contributed by atoms with Gasteiger partial charge >= 0.3 is 0 Å². The number of nitrogens with zero attached hydrogens (tertiary/aromatic N) is 6. The van der Waals surface area contributed by atoms with Crippen LogP contribution >= 0.6 is 0 Å². The lowest BCUT2D eigenvalue weighted by atomic mass is 10.6. The summed E-state index contributed by atoms with van der Waals surface area (Å²) >= 11 is -1.29. The van der Waals surface area contributed by atoms with E-state index < -0.39 is 11.1 Å². The van der Waals surface area contributed by atoms with Crippen LogP contribution in [0.4, 0.5) is 11.9 Å². The summed E-state index contributed by atoms with van der Waals surface area (Å²) in [5, 5.41) is 3.14. The molecule has 0 radical (unpaired) electrons. The van der Waals surface area contributed by atoms with E-state index in [-0.39, 0.29) is 5.91 Å². The summed E-state index contributed by atoms with van der Waals surface area (Å²) in [5.41, 5.74) is 0. The van der Waals surface area contributed by atoms with Gasteiger partial charge < -0.3 is 14.7 Å². The summed E-state index contributed by atoms with van der Waals surface area (Å²) in [6.45, 7) is 5.04. The molecule has 11 heteroatoms. The second kappa shape index (κ2) is 10.2. The zero-order valence-corrected chi connectivity index (χ0v) is 16.5. The molecule has 1 N–H and O–H groups in total. The van der Waals surface area contributed by atoms with E-state index in [0.717, 1.165) is 0 Å². The van der Waals surface area contributed by atoms with E-state index in [9.17, 15) is 9.00 Å². The van der Waals surface area contributed by atoms with E-state index in [1.807, 2.05) is 23.9 Å². The fourth-order valence-corrected chi connectivity index (χ4v) is 2.06. The number of anilines is 2. The highest BCUT2D eigenvalue weighted by Crippen LogP contribution is 2.11. The maximum Gasteiger partial charge on any atom is 0.231 e. The maximum atomic E-state index is 11.2. The van der Waals surface area contributed by atoms with E-state index in [0.29, 0.717) is 44.2 Å². The van der Waals surface area contributed by atoms with Gasteiger partial charge in [-0.25, -0.2) is 4.21 Å². The molecular weight excluding hydrogens is 346 g/mol. The van der Waals surface area contributed by atoms with Gasteiger partial charge in [0.1, 0.15) is 5.82 Å². The molecule has 1 aromatic rings. The van der Waals surface area contributed by atoms with Gasteiger partial charge in [-0.15, -0.1) is 0 Å². The lowest BCUT2D eigenvalue weighted by molar-refractivity contribution is -0.127. The van der Waals surface area contributed by atoms with Crippen molar-refractivity contribution in [1.82, 2.24) is 25.2 Å². The van der Waals surface area contributed by atoms with Crippen molar-refractivity contribution in [3.05, 3.63) is 5.82 Å². The van der Waals surface area contributed by atoms with Gasteiger partial charge in [0.25, 0.3) is 0 Å². The average Bonchev–Trinajstić information content (AvgIpc) is 2.53. The Balaban J connectivity index is 2.66. The third-order valence-corrected chi connectivity index (χ3v) is 3.82. The van der Waals surface area contributed by atoms with Crippen LogP contribution in [-0.4, -0.2) is 83.9 Å². The van der Waals surface area contributed by atoms with Crippen LogP contribution in [0.5, 0.6) is 0 Å². The van der Waals surface area contributed by atoms with Crippen LogP contribution in [0, 0.1) is 6.92 Å². The molecule has 25 heavy (non-hydrogen) atoms. The van der Waals surface area contributed by atoms with Gasteiger partial charge in [0.05, 0.1) is 19.9 Å². The van der Waals surface area contributed by atoms with Crippen molar-refractivity contribution < 1.29 is 13.2 Å². The lowest BCUT2D eigenvalue weighted by Crippen LogP contribution is -2.40. The van der Waals surface area contributed by atoms with Gasteiger partial charge in [0.15, 0.2) is 11.1 Å². The molecule has 0 bridgehead atoms. The fourth-order valence-electron chi connectivity index (χ4n) is 1.75. The molecule has 1 amide bonds. The van der Waals surface area contributed by atoms with Crippen LogP contribution < -0.4 is 15.1 Å². The Bertz CT molecular complexity index is 602. The van der Waals surface area contributed by atoms with Crippen molar-refractivity contribution in [1.29, 1.82) is 0 Å². The Hall–Kier alpha value is -1.85. The summed E-state index contributed by atoms with van der Waals surface area (Å²) in [5.74, 6) is 1.62. The molecule has 1 unspecified atom stereocenters. The van der Waals surface area contributed by atoms with Crippen molar-refractivity contribution >= 4 is 28.9 Å². The molecule has 0 aliphatic heterocycles. The molecular formula is C14H27N7O3S. The summed E-state index contributed by atoms with van der Waals surface area (Å²) < 4.78 is 16.0. The number of hydrogen-bond donors (Lipinski definition) is 1. The molecule has 10 nitrogen and oxygen atoms in total. The number of nitrogens with one attached hydrogen (secondary N) is 1. The van der Waals surface area contributed by atoms with Crippen LogP contribution in [-0.2, 0) is 20.1 Å². The number of hydrogen-bond acceptors (Lipinski definition) is 9. The summed E-state index contributed by atoms with van der Waals surface area (Å²) in [7, 11) is 5.41. The minimum Gasteiger partial charge on any atom is -0.341 e. The van der Waals surface area contributed by atoms with Crippen molar-refractivity contribution in [2.75, 3.05) is 63.7 Å². The molecule has 0 spiro atoms. The normalized spacial score (nSPS) is 11.9. The van der Waals surface area contributed by atoms with Gasteiger partial charge in [-0.2, -0.15) is 15.0 Å². The van der Waals surface area contributed by atoms with Crippen LogP contribution in [0.1, 0.15) is 12.7 Å². The summed E-state index contributed by atoms with van der Waals surface area (Å²) in [4.78, 5) is 29.5. The Labute approximate surface area is 151 Å². The van der Waals surface area contributed by atoms with Crippen LogP contribution in [0.3, 0.4) is 0 Å². The summed E-state index contributed by atoms with van der Waals surface area (Å²) in [6.07, 6.45) is 1.48. The highest BCUT2D eigenvalue weighted by atomic mass is 32.2. The van der Waals surface area contributed by atoms with Crippen LogP contribution in [0.25, 0.3) is 0 Å². The highest BCUT2D eigenvalue weighted by Gasteiger charge is 2.12. The van der Waals surface area contributed by atoms with Gasteiger partial charge in [-0.1, -0.05) is 0 Å². The number of carbonyl (C=O) groups excluding carboxylic acids is 1. The standard InChI is InChI=1S/C14H27N7O3S/c1-11-16-13(19(3)7-8-24-25(6)23)18-14(17-11)21(5)10-15-9-20(4)12(2)22/h15H,7-10H2,1-6H3. The van der Waals surface area contributed by atoms with Crippen molar-refractivity contribution in [3.63, 3.8) is 0 Å². The molecule has 1 atom stereocenters. The number of aromatic nitrogens is 3.